The molecule has 1 aliphatic heterocycles. The molecule has 0 N–H and O–H groups in total. The van der Waals surface area contributed by atoms with E-state index in [9.17, 15) is 13.2 Å². The zero-order valence-corrected chi connectivity index (χ0v) is 20.7. The van der Waals surface area contributed by atoms with Gasteiger partial charge in [0.2, 0.25) is 0 Å². The topological polar surface area (TPSA) is 60.9 Å². The summed E-state index contributed by atoms with van der Waals surface area (Å²) in [5.74, 6) is -0.153. The third kappa shape index (κ3) is 5.43. The lowest BCUT2D eigenvalue weighted by Crippen LogP contribution is -2.35. The molecule has 178 valence electrons. The minimum Gasteiger partial charge on any atom is -0.337 e. The van der Waals surface area contributed by atoms with E-state index < -0.39 is 10.0 Å². The van der Waals surface area contributed by atoms with Crippen molar-refractivity contribution in [3.8, 4) is 0 Å². The van der Waals surface area contributed by atoms with Crippen LogP contribution in [0, 0.1) is 0 Å². The molecule has 4 rings (SSSR count). The minimum absolute atomic E-state index is 0.0566. The highest BCUT2D eigenvalue weighted by Gasteiger charge is 2.28. The Hall–Kier alpha value is -2.87. The number of hydrogen-bond acceptors (Lipinski definition) is 4. The van der Waals surface area contributed by atoms with Crippen molar-refractivity contribution in [2.24, 2.45) is 0 Å². The number of carbonyl (C=O) groups is 1. The van der Waals surface area contributed by atoms with Gasteiger partial charge in [-0.2, -0.15) is 0 Å². The van der Waals surface area contributed by atoms with Crippen molar-refractivity contribution >= 4 is 33.2 Å². The molecule has 34 heavy (non-hydrogen) atoms. The van der Waals surface area contributed by atoms with Gasteiger partial charge in [-0.05, 0) is 55.9 Å². The third-order valence-corrected chi connectivity index (χ3v) is 8.04. The molecule has 0 aromatic heterocycles. The van der Waals surface area contributed by atoms with Gasteiger partial charge in [-0.3, -0.25) is 9.10 Å². The van der Waals surface area contributed by atoms with E-state index in [1.54, 1.807) is 41.3 Å². The molecule has 0 bridgehead atoms. The van der Waals surface area contributed by atoms with Crippen molar-refractivity contribution in [1.82, 2.24) is 9.80 Å². The van der Waals surface area contributed by atoms with Crippen molar-refractivity contribution in [2.45, 2.75) is 17.9 Å². The second kappa shape index (κ2) is 10.6. The predicted octanol–water partition coefficient (Wildman–Crippen LogP) is 4.51. The number of anilines is 1. The molecule has 0 unspecified atom stereocenters. The Morgan fingerprint density at radius 3 is 2.41 bits per heavy atom. The molecule has 0 spiro atoms. The maximum absolute atomic E-state index is 13.9. The van der Waals surface area contributed by atoms with Gasteiger partial charge in [-0.1, -0.05) is 60.1 Å². The summed E-state index contributed by atoms with van der Waals surface area (Å²) in [7, 11) is -1.97. The Bertz CT molecular complexity index is 1250. The Morgan fingerprint density at radius 1 is 0.912 bits per heavy atom. The van der Waals surface area contributed by atoms with Crippen molar-refractivity contribution in [3.05, 3.63) is 95.0 Å². The molecular formula is C26H28ClN3O3S. The molecule has 8 heteroatoms. The Labute approximate surface area is 206 Å². The van der Waals surface area contributed by atoms with Crippen molar-refractivity contribution in [3.63, 3.8) is 0 Å². The monoisotopic (exact) mass is 497 g/mol. The molecule has 3 aromatic rings. The van der Waals surface area contributed by atoms with E-state index in [0.29, 0.717) is 29.4 Å². The summed E-state index contributed by atoms with van der Waals surface area (Å²) < 4.78 is 29.0. The van der Waals surface area contributed by atoms with Crippen LogP contribution < -0.4 is 4.31 Å². The minimum atomic E-state index is -4.01. The first-order valence-electron chi connectivity index (χ1n) is 11.3. The van der Waals surface area contributed by atoms with E-state index in [1.807, 2.05) is 37.4 Å². The lowest BCUT2D eigenvalue weighted by molar-refractivity contribution is 0.0762. The first-order chi connectivity index (χ1) is 16.4. The second-order valence-corrected chi connectivity index (χ2v) is 10.7. The quantitative estimate of drug-likeness (QED) is 0.502. The fourth-order valence-corrected chi connectivity index (χ4v) is 5.86. The van der Waals surface area contributed by atoms with Gasteiger partial charge in [0, 0.05) is 25.2 Å². The van der Waals surface area contributed by atoms with Gasteiger partial charge in [0.25, 0.3) is 15.9 Å². The molecule has 0 aliphatic carbocycles. The van der Waals surface area contributed by atoms with Crippen LogP contribution in [0.4, 0.5) is 5.69 Å². The number of nitrogens with zero attached hydrogens (tertiary/aromatic N) is 3. The van der Waals surface area contributed by atoms with Crippen molar-refractivity contribution in [1.29, 1.82) is 0 Å². The summed E-state index contributed by atoms with van der Waals surface area (Å²) in [6.07, 6.45) is 0.886. The lowest BCUT2D eigenvalue weighted by Gasteiger charge is -2.26. The molecule has 1 fully saturated rings. The molecule has 6 nitrogen and oxygen atoms in total. The molecule has 0 radical (unpaired) electrons. The van der Waals surface area contributed by atoms with Crippen molar-refractivity contribution < 1.29 is 13.2 Å². The largest absolute Gasteiger partial charge is 0.337 e. The summed E-state index contributed by atoms with van der Waals surface area (Å²) in [5, 5.41) is 0.336. The standard InChI is InChI=1S/C26H28ClN3O3S/c1-28-15-8-16-29(18-17-28)26(31)22-11-7-12-23(19-22)34(32,33)30(20-21-9-3-2-4-10-21)25-14-6-5-13-24(25)27/h2-7,9-14,19H,8,15-18,20H2,1H3. The predicted molar refractivity (Wildman–Crippen MR) is 136 cm³/mol. The highest BCUT2D eigenvalue weighted by Crippen LogP contribution is 2.32. The van der Waals surface area contributed by atoms with Crippen LogP contribution in [0.5, 0.6) is 0 Å². The van der Waals surface area contributed by atoms with Crippen LogP contribution in [0.1, 0.15) is 22.3 Å². The molecule has 3 aromatic carbocycles. The molecule has 1 saturated heterocycles. The molecular weight excluding hydrogens is 470 g/mol. The van der Waals surface area contributed by atoms with Gasteiger partial charge in [-0.15, -0.1) is 0 Å². The lowest BCUT2D eigenvalue weighted by atomic mass is 10.2. The van der Waals surface area contributed by atoms with Crippen LogP contribution in [0.3, 0.4) is 0 Å². The van der Waals surface area contributed by atoms with Crippen LogP contribution in [0.15, 0.2) is 83.8 Å². The maximum atomic E-state index is 13.9. The number of para-hydroxylation sites is 1. The highest BCUT2D eigenvalue weighted by molar-refractivity contribution is 7.92. The number of likely N-dealkylation sites (N-methyl/N-ethyl adjacent to an activating group) is 1. The van der Waals surface area contributed by atoms with E-state index in [2.05, 4.69) is 4.90 Å². The van der Waals surface area contributed by atoms with Crippen LogP contribution in [0.2, 0.25) is 5.02 Å². The van der Waals surface area contributed by atoms with Crippen molar-refractivity contribution in [2.75, 3.05) is 37.5 Å². The third-order valence-electron chi connectivity index (χ3n) is 5.97. The van der Waals surface area contributed by atoms with Crippen LogP contribution >= 0.6 is 11.6 Å². The Balaban J connectivity index is 1.69. The maximum Gasteiger partial charge on any atom is 0.264 e. The second-order valence-electron chi connectivity index (χ2n) is 8.43. The van der Waals surface area contributed by atoms with Gasteiger partial charge in [0.15, 0.2) is 0 Å². The molecule has 1 amide bonds. The summed E-state index contributed by atoms with van der Waals surface area (Å²) in [4.78, 5) is 17.2. The first kappa shape index (κ1) is 24.3. The van der Waals surface area contributed by atoms with E-state index in [1.165, 1.54) is 16.4 Å². The Morgan fingerprint density at radius 2 is 1.65 bits per heavy atom. The molecule has 0 saturated carbocycles. The first-order valence-corrected chi connectivity index (χ1v) is 13.1. The molecule has 1 heterocycles. The summed E-state index contributed by atoms with van der Waals surface area (Å²) in [6.45, 7) is 3.11. The summed E-state index contributed by atoms with van der Waals surface area (Å²) >= 11 is 6.42. The zero-order chi connectivity index (χ0) is 24.1. The smallest absolute Gasteiger partial charge is 0.264 e. The van der Waals surface area contributed by atoms with Gasteiger partial charge >= 0.3 is 0 Å². The van der Waals surface area contributed by atoms with Crippen LogP contribution in [-0.2, 0) is 16.6 Å². The fourth-order valence-electron chi connectivity index (χ4n) is 4.05. The average molecular weight is 498 g/mol. The average Bonchev–Trinajstić information content (AvgIpc) is 3.07. The van der Waals surface area contributed by atoms with E-state index in [4.69, 9.17) is 11.6 Å². The van der Waals surface area contributed by atoms with Gasteiger partial charge in [-0.25, -0.2) is 8.42 Å². The fraction of sp³-hybridized carbons (Fsp3) is 0.269. The van der Waals surface area contributed by atoms with E-state index >= 15 is 0 Å². The Kier molecular flexibility index (Phi) is 7.56. The van der Waals surface area contributed by atoms with E-state index in [0.717, 1.165) is 25.1 Å². The summed E-state index contributed by atoms with van der Waals surface area (Å²) in [6, 6.07) is 22.5. The number of halogens is 1. The normalized spacial score (nSPS) is 15.1. The van der Waals surface area contributed by atoms with Gasteiger partial charge in [0.05, 0.1) is 22.2 Å². The van der Waals surface area contributed by atoms with E-state index in [-0.39, 0.29) is 17.3 Å². The van der Waals surface area contributed by atoms with Gasteiger partial charge in [0.1, 0.15) is 0 Å². The number of rotatable bonds is 6. The number of benzene rings is 3. The SMILES string of the molecule is CN1CCCN(C(=O)c2cccc(S(=O)(=O)N(Cc3ccccc3)c3ccccc3Cl)c2)CC1. The molecule has 1 aliphatic rings. The highest BCUT2D eigenvalue weighted by atomic mass is 35.5. The van der Waals surface area contributed by atoms with Gasteiger partial charge < -0.3 is 9.80 Å². The zero-order valence-electron chi connectivity index (χ0n) is 19.1. The molecule has 0 atom stereocenters. The van der Waals surface area contributed by atoms with Crippen LogP contribution in [-0.4, -0.2) is 57.4 Å². The number of carbonyl (C=O) groups excluding carboxylic acids is 1. The summed E-state index contributed by atoms with van der Waals surface area (Å²) in [5.41, 5.74) is 1.58. The van der Waals surface area contributed by atoms with Crippen LogP contribution in [0.25, 0.3) is 0 Å². The number of hydrogen-bond donors (Lipinski definition) is 0. The number of amides is 1. The number of sulfonamides is 1.